The summed E-state index contributed by atoms with van der Waals surface area (Å²) in [6.45, 7) is 4.78. The number of Topliss-reactive ketones (excluding diaryl/α,β-unsaturated/α-hetero) is 1. The molecule has 7 atom stereocenters. The molecule has 0 bridgehead atoms. The van der Waals surface area contributed by atoms with Crippen molar-refractivity contribution in [3.63, 3.8) is 0 Å². The van der Waals surface area contributed by atoms with Crippen LogP contribution < -0.4 is 0 Å². The maximum atomic E-state index is 13.4. The van der Waals surface area contributed by atoms with Crippen LogP contribution in [0.4, 0.5) is 0 Å². The molecular weight excluding hydrogens is 344 g/mol. The van der Waals surface area contributed by atoms with Gasteiger partial charge in [0.25, 0.3) is 0 Å². The van der Waals surface area contributed by atoms with Gasteiger partial charge in [-0.1, -0.05) is 44.2 Å². The molecule has 4 aliphatic rings. The molecule has 1 aromatic rings. The number of fused-ring (bicyclic) bond motifs is 5. The normalized spacial score (nSPS) is 46.8. The smallest absolute Gasteiger partial charge is 0.165 e. The molecule has 1 N–H and O–H groups in total. The van der Waals surface area contributed by atoms with Gasteiger partial charge in [-0.2, -0.15) is 0 Å². The maximum Gasteiger partial charge on any atom is 0.165 e. The van der Waals surface area contributed by atoms with Gasteiger partial charge in [-0.3, -0.25) is 4.79 Å². The predicted octanol–water partition coefficient (Wildman–Crippen LogP) is 5.65. The molecule has 0 spiro atoms. The van der Waals surface area contributed by atoms with Crippen LogP contribution in [-0.2, 0) is 4.79 Å². The van der Waals surface area contributed by atoms with Crippen molar-refractivity contribution in [2.75, 3.05) is 0 Å². The van der Waals surface area contributed by atoms with Crippen LogP contribution in [0.25, 0.3) is 6.08 Å². The summed E-state index contributed by atoms with van der Waals surface area (Å²) in [4.78, 5) is 13.4. The molecule has 2 nitrogen and oxygen atoms in total. The van der Waals surface area contributed by atoms with Gasteiger partial charge in [0.15, 0.2) is 5.78 Å². The van der Waals surface area contributed by atoms with Crippen LogP contribution in [0.5, 0.6) is 0 Å². The van der Waals surface area contributed by atoms with Crippen molar-refractivity contribution in [3.8, 4) is 0 Å². The summed E-state index contributed by atoms with van der Waals surface area (Å²) >= 11 is 0. The Hall–Kier alpha value is -1.41. The summed E-state index contributed by atoms with van der Waals surface area (Å²) in [5.74, 6) is 3.03. The van der Waals surface area contributed by atoms with E-state index in [4.69, 9.17) is 0 Å². The lowest BCUT2D eigenvalue weighted by molar-refractivity contribution is -0.141. The third kappa shape index (κ3) is 2.67. The second kappa shape index (κ2) is 6.55. The van der Waals surface area contributed by atoms with E-state index in [2.05, 4.69) is 44.2 Å². The van der Waals surface area contributed by atoms with Crippen molar-refractivity contribution in [1.82, 2.24) is 0 Å². The zero-order valence-electron chi connectivity index (χ0n) is 17.4. The molecule has 2 heteroatoms. The van der Waals surface area contributed by atoms with E-state index in [1.807, 2.05) is 6.07 Å². The Morgan fingerprint density at radius 2 is 1.79 bits per heavy atom. The van der Waals surface area contributed by atoms with E-state index >= 15 is 0 Å². The predicted molar refractivity (Wildman–Crippen MR) is 113 cm³/mol. The maximum absolute atomic E-state index is 13.4. The van der Waals surface area contributed by atoms with Gasteiger partial charge in [0.1, 0.15) is 0 Å². The molecule has 0 heterocycles. The van der Waals surface area contributed by atoms with Gasteiger partial charge in [-0.05, 0) is 97.7 Å². The first-order valence-corrected chi connectivity index (χ1v) is 11.4. The van der Waals surface area contributed by atoms with Crippen molar-refractivity contribution in [2.24, 2.45) is 34.5 Å². The average Bonchev–Trinajstić information content (AvgIpc) is 2.94. The molecule has 0 radical (unpaired) electrons. The van der Waals surface area contributed by atoms with Crippen molar-refractivity contribution in [1.29, 1.82) is 0 Å². The zero-order chi connectivity index (χ0) is 19.5. The quantitative estimate of drug-likeness (QED) is 0.641. The molecule has 4 aliphatic carbocycles. The Bertz CT molecular complexity index is 796. The molecule has 150 valence electrons. The molecule has 0 unspecified atom stereocenters. The minimum atomic E-state index is -0.154. The van der Waals surface area contributed by atoms with Crippen molar-refractivity contribution in [3.05, 3.63) is 41.5 Å². The van der Waals surface area contributed by atoms with Crippen LogP contribution >= 0.6 is 0 Å². The summed E-state index contributed by atoms with van der Waals surface area (Å²) in [7, 11) is 0. The van der Waals surface area contributed by atoms with Crippen molar-refractivity contribution < 1.29 is 9.90 Å². The van der Waals surface area contributed by atoms with Gasteiger partial charge in [-0.25, -0.2) is 0 Å². The Kier molecular flexibility index (Phi) is 4.36. The highest BCUT2D eigenvalue weighted by molar-refractivity contribution is 6.05. The number of benzene rings is 1. The highest BCUT2D eigenvalue weighted by Gasteiger charge is 2.61. The molecule has 28 heavy (non-hydrogen) atoms. The van der Waals surface area contributed by atoms with Gasteiger partial charge in [0.2, 0.25) is 0 Å². The number of hydrogen-bond donors (Lipinski definition) is 1. The standard InChI is InChI=1S/C26H34O2/c1-25-12-10-20(27)16-19(25)8-9-21-22(25)11-13-26(2)23(21)15-18(24(26)28)14-17-6-4-3-5-7-17/h3-7,14,19-23,27H,8-13,15-16H2,1-2H3/b18-14+/t19-,20+,21+,22-,23-,25-,26-/m0/s1. The monoisotopic (exact) mass is 378 g/mol. The SMILES string of the molecule is C[C@]12CC[C@@H](O)C[C@@H]1CC[C@@H]1[C@@H]2CC[C@]2(C)C(=O)/C(=C/c3ccccc3)C[C@@H]12. The van der Waals surface area contributed by atoms with E-state index in [-0.39, 0.29) is 11.5 Å². The van der Waals surface area contributed by atoms with E-state index in [0.717, 1.165) is 42.7 Å². The molecule has 0 aliphatic heterocycles. The topological polar surface area (TPSA) is 37.3 Å². The number of carbonyl (C=O) groups is 1. The van der Waals surface area contributed by atoms with Crippen LogP contribution in [0.1, 0.15) is 70.8 Å². The number of rotatable bonds is 1. The van der Waals surface area contributed by atoms with E-state index in [1.54, 1.807) is 0 Å². The Morgan fingerprint density at radius 1 is 1.00 bits per heavy atom. The summed E-state index contributed by atoms with van der Waals surface area (Å²) in [5, 5.41) is 10.2. The van der Waals surface area contributed by atoms with E-state index < -0.39 is 0 Å². The van der Waals surface area contributed by atoms with Crippen LogP contribution in [0.2, 0.25) is 0 Å². The first-order valence-electron chi connectivity index (χ1n) is 11.4. The first-order chi connectivity index (χ1) is 13.4. The Labute approximate surface area is 169 Å². The van der Waals surface area contributed by atoms with Crippen LogP contribution in [0, 0.1) is 34.5 Å². The van der Waals surface area contributed by atoms with Crippen LogP contribution in [0.3, 0.4) is 0 Å². The fourth-order valence-electron chi connectivity index (χ4n) is 7.79. The van der Waals surface area contributed by atoms with E-state index in [1.165, 1.54) is 25.7 Å². The van der Waals surface area contributed by atoms with Gasteiger partial charge in [0, 0.05) is 5.41 Å². The summed E-state index contributed by atoms with van der Waals surface area (Å²) in [6.07, 6.45) is 10.9. The van der Waals surface area contributed by atoms with Gasteiger partial charge in [0.05, 0.1) is 6.10 Å². The van der Waals surface area contributed by atoms with Gasteiger partial charge in [-0.15, -0.1) is 0 Å². The fourth-order valence-corrected chi connectivity index (χ4v) is 7.79. The van der Waals surface area contributed by atoms with Gasteiger partial charge < -0.3 is 5.11 Å². The van der Waals surface area contributed by atoms with Crippen LogP contribution in [0.15, 0.2) is 35.9 Å². The minimum absolute atomic E-state index is 0.0862. The molecule has 0 amide bonds. The molecular formula is C26H34O2. The van der Waals surface area contributed by atoms with E-state index in [0.29, 0.717) is 29.0 Å². The number of aliphatic hydroxyl groups is 1. The molecule has 4 saturated carbocycles. The molecule has 0 aromatic heterocycles. The third-order valence-electron chi connectivity index (χ3n) is 9.42. The number of ketones is 1. The Balaban J connectivity index is 1.45. The molecule has 5 rings (SSSR count). The van der Waals surface area contributed by atoms with Crippen LogP contribution in [-0.4, -0.2) is 17.0 Å². The molecule has 0 saturated heterocycles. The van der Waals surface area contributed by atoms with Gasteiger partial charge >= 0.3 is 0 Å². The minimum Gasteiger partial charge on any atom is -0.393 e. The second-order valence-electron chi connectivity index (χ2n) is 10.7. The molecule has 1 aromatic carbocycles. The Morgan fingerprint density at radius 3 is 2.57 bits per heavy atom. The fraction of sp³-hybridized carbons (Fsp3) is 0.654. The van der Waals surface area contributed by atoms with Crippen molar-refractivity contribution >= 4 is 11.9 Å². The lowest BCUT2D eigenvalue weighted by Gasteiger charge is -2.59. The van der Waals surface area contributed by atoms with Crippen molar-refractivity contribution in [2.45, 2.75) is 71.3 Å². The summed E-state index contributed by atoms with van der Waals surface area (Å²) < 4.78 is 0. The number of hydrogen-bond acceptors (Lipinski definition) is 2. The average molecular weight is 379 g/mol. The number of allylic oxidation sites excluding steroid dienone is 1. The lowest BCUT2D eigenvalue weighted by Crippen LogP contribution is -2.54. The summed E-state index contributed by atoms with van der Waals surface area (Å²) in [5.41, 5.74) is 2.43. The lowest BCUT2D eigenvalue weighted by atomic mass is 9.45. The number of carbonyl (C=O) groups excluding carboxylic acids is 1. The van der Waals surface area contributed by atoms with E-state index in [9.17, 15) is 9.90 Å². The zero-order valence-corrected chi connectivity index (χ0v) is 17.4. The first kappa shape index (κ1) is 18.6. The highest BCUT2D eigenvalue weighted by atomic mass is 16.3. The summed E-state index contributed by atoms with van der Waals surface area (Å²) in [6, 6.07) is 10.3. The molecule has 4 fully saturated rings. The second-order valence-corrected chi connectivity index (χ2v) is 10.7. The largest absolute Gasteiger partial charge is 0.393 e. The number of aliphatic hydroxyl groups excluding tert-OH is 1. The third-order valence-corrected chi connectivity index (χ3v) is 9.42. The highest BCUT2D eigenvalue weighted by Crippen LogP contribution is 2.66.